The average molecular weight is 398 g/mol. The van der Waals surface area contributed by atoms with Gasteiger partial charge in [0.15, 0.2) is 0 Å². The summed E-state index contributed by atoms with van der Waals surface area (Å²) in [5, 5.41) is 2.76. The molecule has 0 saturated heterocycles. The average Bonchev–Trinajstić information content (AvgIpc) is 2.67. The molecule has 3 rings (SSSR count). The second-order valence-corrected chi connectivity index (χ2v) is 8.13. The van der Waals surface area contributed by atoms with Crippen LogP contribution in [0.3, 0.4) is 0 Å². The van der Waals surface area contributed by atoms with Crippen molar-refractivity contribution in [1.29, 1.82) is 0 Å². The number of amides is 1. The third-order valence-electron chi connectivity index (χ3n) is 4.12. The molecule has 0 radical (unpaired) electrons. The van der Waals surface area contributed by atoms with Crippen LogP contribution in [0.1, 0.15) is 15.9 Å². The van der Waals surface area contributed by atoms with Gasteiger partial charge in [-0.15, -0.1) is 0 Å². The van der Waals surface area contributed by atoms with Gasteiger partial charge in [-0.1, -0.05) is 36.4 Å². The molecule has 0 aliphatic heterocycles. The Morgan fingerprint density at radius 3 is 2.14 bits per heavy atom. The monoisotopic (exact) mass is 398 g/mol. The Morgan fingerprint density at radius 2 is 1.54 bits per heavy atom. The summed E-state index contributed by atoms with van der Waals surface area (Å²) in [7, 11) is -3.65. The molecule has 144 valence electrons. The minimum atomic E-state index is -3.65. The molecule has 0 aliphatic carbocycles. The lowest BCUT2D eigenvalue weighted by Gasteiger charge is -2.23. The number of benzene rings is 3. The standard InChI is InChI=1S/C21H19FN2O3S/c1-28(26,27)24(15-17-7-5-6-10-20(17)22)19-13-11-16(12-14-19)21(25)23-18-8-3-2-4-9-18/h2-14H,15H2,1H3,(H,23,25). The highest BCUT2D eigenvalue weighted by molar-refractivity contribution is 7.92. The highest BCUT2D eigenvalue weighted by Crippen LogP contribution is 2.22. The Balaban J connectivity index is 1.82. The van der Waals surface area contributed by atoms with Crippen LogP contribution in [0.4, 0.5) is 15.8 Å². The summed E-state index contributed by atoms with van der Waals surface area (Å²) in [6, 6.07) is 21.2. The summed E-state index contributed by atoms with van der Waals surface area (Å²) in [4.78, 5) is 12.3. The molecule has 0 spiro atoms. The zero-order valence-electron chi connectivity index (χ0n) is 15.2. The zero-order chi connectivity index (χ0) is 20.1. The number of halogens is 1. The Kier molecular flexibility index (Phi) is 5.75. The van der Waals surface area contributed by atoms with E-state index >= 15 is 0 Å². The fourth-order valence-electron chi connectivity index (χ4n) is 2.69. The van der Waals surface area contributed by atoms with Gasteiger partial charge in [0.05, 0.1) is 18.5 Å². The zero-order valence-corrected chi connectivity index (χ0v) is 16.0. The van der Waals surface area contributed by atoms with Crippen molar-refractivity contribution in [3.63, 3.8) is 0 Å². The Labute approximate surface area is 163 Å². The number of anilines is 2. The molecule has 3 aromatic carbocycles. The van der Waals surface area contributed by atoms with E-state index in [-0.39, 0.29) is 18.0 Å². The van der Waals surface area contributed by atoms with Crippen LogP contribution in [0.2, 0.25) is 0 Å². The topological polar surface area (TPSA) is 66.5 Å². The second-order valence-electron chi connectivity index (χ2n) is 6.23. The fourth-order valence-corrected chi connectivity index (χ4v) is 3.56. The van der Waals surface area contributed by atoms with Gasteiger partial charge < -0.3 is 5.32 Å². The van der Waals surface area contributed by atoms with Crippen molar-refractivity contribution in [2.45, 2.75) is 6.54 Å². The van der Waals surface area contributed by atoms with E-state index in [4.69, 9.17) is 0 Å². The minimum absolute atomic E-state index is 0.138. The normalized spacial score (nSPS) is 11.1. The summed E-state index contributed by atoms with van der Waals surface area (Å²) in [5.74, 6) is -0.784. The predicted molar refractivity (Wildman–Crippen MR) is 108 cm³/mol. The summed E-state index contributed by atoms with van der Waals surface area (Å²) < 4.78 is 39.5. The van der Waals surface area contributed by atoms with Crippen LogP contribution in [0, 0.1) is 5.82 Å². The van der Waals surface area contributed by atoms with Gasteiger partial charge >= 0.3 is 0 Å². The van der Waals surface area contributed by atoms with Crippen molar-refractivity contribution in [2.75, 3.05) is 15.9 Å². The highest BCUT2D eigenvalue weighted by Gasteiger charge is 2.20. The van der Waals surface area contributed by atoms with Gasteiger partial charge in [-0.3, -0.25) is 9.10 Å². The first-order chi connectivity index (χ1) is 13.3. The number of hydrogen-bond donors (Lipinski definition) is 1. The molecule has 0 heterocycles. The van der Waals surface area contributed by atoms with Crippen LogP contribution < -0.4 is 9.62 Å². The highest BCUT2D eigenvalue weighted by atomic mass is 32.2. The van der Waals surface area contributed by atoms with Crippen LogP contribution in [-0.4, -0.2) is 20.6 Å². The largest absolute Gasteiger partial charge is 0.322 e. The number of carbonyl (C=O) groups excluding carboxylic acids is 1. The smallest absolute Gasteiger partial charge is 0.255 e. The van der Waals surface area contributed by atoms with Crippen LogP contribution >= 0.6 is 0 Å². The molecule has 0 aliphatic rings. The summed E-state index contributed by atoms with van der Waals surface area (Å²) in [6.07, 6.45) is 1.06. The van der Waals surface area contributed by atoms with Crippen molar-refractivity contribution in [3.8, 4) is 0 Å². The van der Waals surface area contributed by atoms with Crippen molar-refractivity contribution < 1.29 is 17.6 Å². The van der Waals surface area contributed by atoms with Crippen molar-refractivity contribution in [1.82, 2.24) is 0 Å². The van der Waals surface area contributed by atoms with Crippen molar-refractivity contribution in [2.24, 2.45) is 0 Å². The van der Waals surface area contributed by atoms with Crippen LogP contribution in [0.25, 0.3) is 0 Å². The van der Waals surface area contributed by atoms with Gasteiger partial charge in [-0.25, -0.2) is 12.8 Å². The summed E-state index contributed by atoms with van der Waals surface area (Å²) in [5.41, 5.74) is 1.65. The molecule has 0 aromatic heterocycles. The van der Waals surface area contributed by atoms with Gasteiger partial charge in [0, 0.05) is 16.8 Å². The first kappa shape index (κ1) is 19.6. The number of nitrogens with one attached hydrogen (secondary N) is 1. The van der Waals surface area contributed by atoms with Crippen molar-refractivity contribution >= 4 is 27.3 Å². The summed E-state index contributed by atoms with van der Waals surface area (Å²) in [6.45, 7) is -0.138. The maximum Gasteiger partial charge on any atom is 0.255 e. The van der Waals surface area contributed by atoms with E-state index in [1.807, 2.05) is 18.2 Å². The quantitative estimate of drug-likeness (QED) is 0.681. The molecule has 1 N–H and O–H groups in total. The first-order valence-electron chi connectivity index (χ1n) is 8.52. The van der Waals surface area contributed by atoms with Crippen LogP contribution in [-0.2, 0) is 16.6 Å². The molecule has 28 heavy (non-hydrogen) atoms. The fraction of sp³-hybridized carbons (Fsp3) is 0.0952. The predicted octanol–water partition coefficient (Wildman–Crippen LogP) is 4.04. The second kappa shape index (κ2) is 8.22. The molecule has 0 bridgehead atoms. The van der Waals surface area contributed by atoms with Crippen LogP contribution in [0.15, 0.2) is 78.9 Å². The number of sulfonamides is 1. The summed E-state index contributed by atoms with van der Waals surface area (Å²) >= 11 is 0. The van der Waals surface area contributed by atoms with Crippen LogP contribution in [0.5, 0.6) is 0 Å². The van der Waals surface area contributed by atoms with Gasteiger partial charge in [0.2, 0.25) is 10.0 Å². The van der Waals surface area contributed by atoms with Gasteiger partial charge in [0.25, 0.3) is 5.91 Å². The maximum atomic E-state index is 14.0. The van der Waals surface area contributed by atoms with E-state index < -0.39 is 15.8 Å². The number of hydrogen-bond acceptors (Lipinski definition) is 3. The molecule has 0 fully saturated rings. The third-order valence-corrected chi connectivity index (χ3v) is 5.26. The Morgan fingerprint density at radius 1 is 0.929 bits per heavy atom. The molecule has 1 amide bonds. The molecule has 5 nitrogen and oxygen atoms in total. The molecule has 0 unspecified atom stereocenters. The number of nitrogens with zero attached hydrogens (tertiary/aromatic N) is 1. The van der Waals surface area contributed by atoms with E-state index in [0.29, 0.717) is 16.9 Å². The lowest BCUT2D eigenvalue weighted by atomic mass is 10.1. The number of para-hydroxylation sites is 1. The molecule has 7 heteroatoms. The maximum absolute atomic E-state index is 14.0. The van der Waals surface area contributed by atoms with Gasteiger partial charge in [-0.2, -0.15) is 0 Å². The molecule has 0 saturated carbocycles. The molecular weight excluding hydrogens is 379 g/mol. The Bertz CT molecular complexity index is 1070. The minimum Gasteiger partial charge on any atom is -0.322 e. The van der Waals surface area contributed by atoms with E-state index in [9.17, 15) is 17.6 Å². The van der Waals surface area contributed by atoms with Gasteiger partial charge in [0.1, 0.15) is 5.82 Å². The van der Waals surface area contributed by atoms with Crippen molar-refractivity contribution in [3.05, 3.63) is 95.8 Å². The third kappa shape index (κ3) is 4.75. The van der Waals surface area contributed by atoms with E-state index in [0.717, 1.165) is 10.6 Å². The Hall–Kier alpha value is -3.19. The number of carbonyl (C=O) groups is 1. The molecule has 3 aromatic rings. The first-order valence-corrected chi connectivity index (χ1v) is 10.4. The number of rotatable bonds is 6. The lowest BCUT2D eigenvalue weighted by Crippen LogP contribution is -2.29. The SMILES string of the molecule is CS(=O)(=O)N(Cc1ccccc1F)c1ccc(C(=O)Nc2ccccc2)cc1. The molecule has 0 atom stereocenters. The van der Waals surface area contributed by atoms with E-state index in [1.54, 1.807) is 24.3 Å². The molecular formula is C21H19FN2O3S. The van der Waals surface area contributed by atoms with E-state index in [1.165, 1.54) is 36.4 Å². The lowest BCUT2D eigenvalue weighted by molar-refractivity contribution is 0.102. The van der Waals surface area contributed by atoms with Gasteiger partial charge in [-0.05, 0) is 42.5 Å². The van der Waals surface area contributed by atoms with E-state index in [2.05, 4.69) is 5.32 Å².